The number of methoxy groups -OCH3 is 1. The van der Waals surface area contributed by atoms with Crippen LogP contribution >= 0.6 is 11.3 Å². The summed E-state index contributed by atoms with van der Waals surface area (Å²) in [6.45, 7) is 5.50. The van der Waals surface area contributed by atoms with Gasteiger partial charge in [-0.3, -0.25) is 9.69 Å². The summed E-state index contributed by atoms with van der Waals surface area (Å²) in [5.74, 6) is 0.586. The largest absolute Gasteiger partial charge is 0.497 e. The second-order valence-corrected chi connectivity index (χ2v) is 8.25. The highest BCUT2D eigenvalue weighted by Gasteiger charge is 2.22. The minimum absolute atomic E-state index is 0.0760. The van der Waals surface area contributed by atoms with Crippen LogP contribution in [0.5, 0.6) is 5.75 Å². The SMILES string of the molecule is COc1cccc(C(=O)N(CCCn2ccnc2)c2nc3cc(C)cc(C)c3s2)c1. The van der Waals surface area contributed by atoms with Crippen LogP contribution < -0.4 is 9.64 Å². The highest BCUT2D eigenvalue weighted by Crippen LogP contribution is 2.33. The Labute approximate surface area is 179 Å². The number of carbonyl (C=O) groups is 1. The molecule has 0 N–H and O–H groups in total. The van der Waals surface area contributed by atoms with E-state index in [2.05, 4.69) is 31.0 Å². The first-order valence-electron chi connectivity index (χ1n) is 9.84. The van der Waals surface area contributed by atoms with Gasteiger partial charge in [0.05, 0.1) is 23.7 Å². The molecule has 0 spiro atoms. The number of hydrogen-bond acceptors (Lipinski definition) is 5. The molecule has 0 aliphatic heterocycles. The van der Waals surface area contributed by atoms with E-state index >= 15 is 0 Å². The Balaban J connectivity index is 1.67. The van der Waals surface area contributed by atoms with Crippen molar-refractivity contribution in [3.8, 4) is 5.75 Å². The lowest BCUT2D eigenvalue weighted by Crippen LogP contribution is -2.32. The van der Waals surface area contributed by atoms with Gasteiger partial charge in [0.15, 0.2) is 5.13 Å². The number of thiazole rings is 1. The zero-order valence-electron chi connectivity index (χ0n) is 17.3. The number of fused-ring (bicyclic) bond motifs is 1. The van der Waals surface area contributed by atoms with E-state index in [1.54, 1.807) is 41.9 Å². The number of aryl methyl sites for hydroxylation is 3. The molecule has 30 heavy (non-hydrogen) atoms. The van der Waals surface area contributed by atoms with Crippen molar-refractivity contribution in [1.29, 1.82) is 0 Å². The number of benzene rings is 2. The van der Waals surface area contributed by atoms with Gasteiger partial charge in [-0.05, 0) is 55.7 Å². The predicted octanol–water partition coefficient (Wildman–Crippen LogP) is 4.86. The molecule has 6 nitrogen and oxygen atoms in total. The van der Waals surface area contributed by atoms with Gasteiger partial charge in [0.2, 0.25) is 0 Å². The van der Waals surface area contributed by atoms with E-state index < -0.39 is 0 Å². The fourth-order valence-corrected chi connectivity index (χ4v) is 4.55. The Hall–Kier alpha value is -3.19. The van der Waals surface area contributed by atoms with E-state index in [9.17, 15) is 4.79 Å². The third-order valence-electron chi connectivity index (χ3n) is 4.96. The molecule has 0 atom stereocenters. The van der Waals surface area contributed by atoms with Crippen LogP contribution in [0.15, 0.2) is 55.1 Å². The monoisotopic (exact) mass is 420 g/mol. The Morgan fingerprint density at radius 3 is 2.87 bits per heavy atom. The maximum absolute atomic E-state index is 13.5. The van der Waals surface area contributed by atoms with Gasteiger partial charge in [-0.15, -0.1) is 0 Å². The van der Waals surface area contributed by atoms with Crippen molar-refractivity contribution >= 4 is 32.6 Å². The maximum atomic E-state index is 13.5. The van der Waals surface area contributed by atoms with Crippen molar-refractivity contribution in [2.24, 2.45) is 0 Å². The Morgan fingerprint density at radius 1 is 1.23 bits per heavy atom. The lowest BCUT2D eigenvalue weighted by molar-refractivity contribution is 0.0986. The summed E-state index contributed by atoms with van der Waals surface area (Å²) >= 11 is 1.57. The molecule has 2 heterocycles. The molecule has 0 bridgehead atoms. The first-order valence-corrected chi connectivity index (χ1v) is 10.7. The molecule has 0 saturated carbocycles. The van der Waals surface area contributed by atoms with Gasteiger partial charge in [-0.2, -0.15) is 0 Å². The highest BCUT2D eigenvalue weighted by molar-refractivity contribution is 7.22. The molecule has 0 aliphatic rings. The zero-order chi connectivity index (χ0) is 21.1. The minimum Gasteiger partial charge on any atom is -0.497 e. The molecule has 0 radical (unpaired) electrons. The predicted molar refractivity (Wildman–Crippen MR) is 121 cm³/mol. The quantitative estimate of drug-likeness (QED) is 0.429. The van der Waals surface area contributed by atoms with Crippen molar-refractivity contribution in [3.63, 3.8) is 0 Å². The van der Waals surface area contributed by atoms with Gasteiger partial charge in [0.25, 0.3) is 5.91 Å². The van der Waals surface area contributed by atoms with E-state index in [1.165, 1.54) is 11.1 Å². The van der Waals surface area contributed by atoms with Crippen LogP contribution in [0.25, 0.3) is 10.2 Å². The number of ether oxygens (including phenoxy) is 1. The first-order chi connectivity index (χ1) is 14.5. The number of nitrogens with zero attached hydrogens (tertiary/aromatic N) is 4. The summed E-state index contributed by atoms with van der Waals surface area (Å²) in [5, 5.41) is 0.720. The molecule has 2 aromatic heterocycles. The smallest absolute Gasteiger partial charge is 0.260 e. The van der Waals surface area contributed by atoms with Crippen molar-refractivity contribution < 1.29 is 9.53 Å². The number of rotatable bonds is 7. The molecule has 0 unspecified atom stereocenters. The molecule has 4 rings (SSSR count). The average molecular weight is 421 g/mol. The first kappa shape index (κ1) is 20.1. The van der Waals surface area contributed by atoms with E-state index in [0.717, 1.165) is 28.3 Å². The molecular weight excluding hydrogens is 396 g/mol. The molecule has 154 valence electrons. The summed E-state index contributed by atoms with van der Waals surface area (Å²) in [6, 6.07) is 11.5. The molecule has 1 amide bonds. The highest BCUT2D eigenvalue weighted by atomic mass is 32.1. The fourth-order valence-electron chi connectivity index (χ4n) is 3.51. The average Bonchev–Trinajstić information content (AvgIpc) is 3.40. The Morgan fingerprint density at radius 2 is 2.10 bits per heavy atom. The van der Waals surface area contributed by atoms with E-state index in [4.69, 9.17) is 9.72 Å². The van der Waals surface area contributed by atoms with E-state index in [-0.39, 0.29) is 5.91 Å². The molecule has 7 heteroatoms. The van der Waals surface area contributed by atoms with Crippen LogP contribution in [0, 0.1) is 13.8 Å². The fraction of sp³-hybridized carbons (Fsp3) is 0.261. The summed E-state index contributed by atoms with van der Waals surface area (Å²) in [6.07, 6.45) is 6.27. The summed E-state index contributed by atoms with van der Waals surface area (Å²) in [5.41, 5.74) is 3.87. The van der Waals surface area contributed by atoms with Gasteiger partial charge in [-0.25, -0.2) is 9.97 Å². The van der Waals surface area contributed by atoms with Crippen molar-refractivity contribution in [3.05, 3.63) is 71.8 Å². The van der Waals surface area contributed by atoms with Crippen molar-refractivity contribution in [1.82, 2.24) is 14.5 Å². The maximum Gasteiger partial charge on any atom is 0.260 e. The van der Waals surface area contributed by atoms with Crippen LogP contribution in [-0.2, 0) is 6.54 Å². The second kappa shape index (κ2) is 8.67. The number of carbonyl (C=O) groups excluding carboxylic acids is 1. The van der Waals surface area contributed by atoms with E-state index in [1.807, 2.05) is 29.0 Å². The van der Waals surface area contributed by atoms with Gasteiger partial charge in [0.1, 0.15) is 5.75 Å². The third kappa shape index (κ3) is 4.21. The summed E-state index contributed by atoms with van der Waals surface area (Å²) in [4.78, 5) is 24.1. The number of anilines is 1. The molecule has 2 aromatic carbocycles. The molecule has 0 saturated heterocycles. The van der Waals surface area contributed by atoms with Crippen LogP contribution in [-0.4, -0.2) is 34.1 Å². The third-order valence-corrected chi connectivity index (χ3v) is 6.19. The normalized spacial score (nSPS) is 11.0. The van der Waals surface area contributed by atoms with Gasteiger partial charge in [-0.1, -0.05) is 23.5 Å². The van der Waals surface area contributed by atoms with Gasteiger partial charge in [0, 0.05) is 31.0 Å². The Kier molecular flexibility index (Phi) is 5.81. The molecular formula is C23H24N4O2S. The van der Waals surface area contributed by atoms with Crippen LogP contribution in [0.2, 0.25) is 0 Å². The standard InChI is InChI=1S/C23H24N4O2S/c1-16-12-17(2)21-20(13-16)25-23(30-21)27(10-5-9-26-11-8-24-15-26)22(28)18-6-4-7-19(14-18)29-3/h4,6-8,11-15H,5,9-10H2,1-3H3. The van der Waals surface area contributed by atoms with Gasteiger partial charge < -0.3 is 9.30 Å². The zero-order valence-corrected chi connectivity index (χ0v) is 18.1. The van der Waals surface area contributed by atoms with Gasteiger partial charge >= 0.3 is 0 Å². The number of hydrogen-bond donors (Lipinski definition) is 0. The molecule has 0 fully saturated rings. The van der Waals surface area contributed by atoms with Crippen LogP contribution in [0.1, 0.15) is 27.9 Å². The molecule has 4 aromatic rings. The van der Waals surface area contributed by atoms with Crippen LogP contribution in [0.3, 0.4) is 0 Å². The number of amides is 1. The van der Waals surface area contributed by atoms with Crippen LogP contribution in [0.4, 0.5) is 5.13 Å². The van der Waals surface area contributed by atoms with Crippen molar-refractivity contribution in [2.45, 2.75) is 26.8 Å². The minimum atomic E-state index is -0.0760. The Bertz CT molecular complexity index is 1170. The lowest BCUT2D eigenvalue weighted by atomic mass is 10.1. The summed E-state index contributed by atoms with van der Waals surface area (Å²) < 4.78 is 8.44. The second-order valence-electron chi connectivity index (χ2n) is 7.27. The topological polar surface area (TPSA) is 60.2 Å². The number of imidazole rings is 1. The van der Waals surface area contributed by atoms with E-state index in [0.29, 0.717) is 17.9 Å². The molecule has 0 aliphatic carbocycles. The lowest BCUT2D eigenvalue weighted by Gasteiger charge is -2.20. The summed E-state index contributed by atoms with van der Waals surface area (Å²) in [7, 11) is 1.60. The number of aromatic nitrogens is 3. The van der Waals surface area contributed by atoms with Crippen molar-refractivity contribution in [2.75, 3.05) is 18.6 Å².